The van der Waals surface area contributed by atoms with E-state index in [9.17, 15) is 4.79 Å². The number of hydrogen-bond acceptors (Lipinski definition) is 4. The smallest absolute Gasteiger partial charge is 0.251 e. The lowest BCUT2D eigenvalue weighted by atomic mass is 10.1. The van der Waals surface area contributed by atoms with Crippen molar-refractivity contribution in [1.82, 2.24) is 14.9 Å². The van der Waals surface area contributed by atoms with Crippen LogP contribution in [0.1, 0.15) is 30.2 Å². The number of aromatic nitrogens is 2. The van der Waals surface area contributed by atoms with Gasteiger partial charge in [-0.05, 0) is 53.9 Å². The lowest BCUT2D eigenvalue weighted by Gasteiger charge is -2.21. The monoisotopic (exact) mass is 353 g/mol. The van der Waals surface area contributed by atoms with Crippen LogP contribution in [0.25, 0.3) is 11.4 Å². The lowest BCUT2D eigenvalue weighted by molar-refractivity contribution is 0.257. The molecular formula is C20H23N3OS. The Balaban J connectivity index is 1.81. The zero-order chi connectivity index (χ0) is 17.6. The van der Waals surface area contributed by atoms with Gasteiger partial charge in [0.25, 0.3) is 5.56 Å². The van der Waals surface area contributed by atoms with Gasteiger partial charge < -0.3 is 4.98 Å². The van der Waals surface area contributed by atoms with Crippen LogP contribution in [0.3, 0.4) is 0 Å². The van der Waals surface area contributed by atoms with Crippen molar-refractivity contribution >= 4 is 11.3 Å². The quantitative estimate of drug-likeness (QED) is 0.692. The fraction of sp³-hybridized carbons (Fsp3) is 0.300. The van der Waals surface area contributed by atoms with Crippen LogP contribution in [-0.4, -0.2) is 21.4 Å². The summed E-state index contributed by atoms with van der Waals surface area (Å²) in [6.07, 6.45) is 1.12. The molecular weight excluding hydrogens is 330 g/mol. The van der Waals surface area contributed by atoms with Crippen LogP contribution in [0.4, 0.5) is 0 Å². The summed E-state index contributed by atoms with van der Waals surface area (Å²) < 4.78 is 0. The van der Waals surface area contributed by atoms with E-state index in [0.29, 0.717) is 5.82 Å². The number of H-pyrrole nitrogens is 1. The average Bonchev–Trinajstić information content (AvgIpc) is 3.07. The minimum atomic E-state index is -0.113. The Labute approximate surface area is 152 Å². The van der Waals surface area contributed by atoms with Crippen LogP contribution < -0.4 is 5.56 Å². The first-order valence-corrected chi connectivity index (χ1v) is 9.49. The Morgan fingerprint density at radius 2 is 2.00 bits per heavy atom. The summed E-state index contributed by atoms with van der Waals surface area (Å²) >= 11 is 1.74. The molecule has 130 valence electrons. The molecule has 3 rings (SSSR count). The Bertz CT molecular complexity index is 871. The normalized spacial score (nSPS) is 11.2. The molecule has 0 unspecified atom stereocenters. The third kappa shape index (κ3) is 4.87. The maximum Gasteiger partial charge on any atom is 0.251 e. The molecule has 0 atom stereocenters. The molecule has 0 aliphatic carbocycles. The van der Waals surface area contributed by atoms with Crippen molar-refractivity contribution in [2.75, 3.05) is 6.54 Å². The molecule has 0 amide bonds. The number of thiophene rings is 1. The Kier molecular flexibility index (Phi) is 5.79. The van der Waals surface area contributed by atoms with Crippen LogP contribution in [0, 0.1) is 6.92 Å². The number of nitrogens with one attached hydrogen (secondary N) is 1. The van der Waals surface area contributed by atoms with Crippen molar-refractivity contribution in [2.45, 2.75) is 33.4 Å². The third-order valence-corrected chi connectivity index (χ3v) is 4.73. The molecule has 0 saturated carbocycles. The second kappa shape index (κ2) is 8.23. The van der Waals surface area contributed by atoms with Gasteiger partial charge in [-0.15, -0.1) is 0 Å². The maximum atomic E-state index is 11.7. The van der Waals surface area contributed by atoms with Crippen LogP contribution in [0.5, 0.6) is 0 Å². The van der Waals surface area contributed by atoms with E-state index in [0.717, 1.165) is 37.3 Å². The van der Waals surface area contributed by atoms with E-state index in [-0.39, 0.29) is 5.56 Å². The minimum absolute atomic E-state index is 0.113. The van der Waals surface area contributed by atoms with Gasteiger partial charge in [-0.25, -0.2) is 4.98 Å². The highest BCUT2D eigenvalue weighted by Gasteiger charge is 2.09. The molecule has 1 N–H and O–H groups in total. The molecule has 5 heteroatoms. The van der Waals surface area contributed by atoms with E-state index in [4.69, 9.17) is 0 Å². The zero-order valence-electron chi connectivity index (χ0n) is 14.7. The molecule has 3 aromatic rings. The second-order valence-corrected chi connectivity index (χ2v) is 7.06. The van der Waals surface area contributed by atoms with E-state index in [1.54, 1.807) is 11.3 Å². The fourth-order valence-corrected chi connectivity index (χ4v) is 3.62. The van der Waals surface area contributed by atoms with Crippen molar-refractivity contribution in [2.24, 2.45) is 0 Å². The molecule has 0 bridgehead atoms. The number of nitrogens with zero attached hydrogens (tertiary/aromatic N) is 2. The van der Waals surface area contributed by atoms with Gasteiger partial charge >= 0.3 is 0 Å². The molecule has 0 saturated heterocycles. The molecule has 0 aliphatic heterocycles. The zero-order valence-corrected chi connectivity index (χ0v) is 15.5. The summed E-state index contributed by atoms with van der Waals surface area (Å²) in [7, 11) is 0. The second-order valence-electron chi connectivity index (χ2n) is 6.28. The van der Waals surface area contributed by atoms with E-state index in [1.807, 2.05) is 19.1 Å². The Morgan fingerprint density at radius 3 is 2.72 bits per heavy atom. The van der Waals surface area contributed by atoms with Gasteiger partial charge in [0.2, 0.25) is 0 Å². The lowest BCUT2D eigenvalue weighted by Crippen LogP contribution is -2.23. The van der Waals surface area contributed by atoms with Gasteiger partial charge in [0.05, 0.1) is 0 Å². The first kappa shape index (κ1) is 17.6. The highest BCUT2D eigenvalue weighted by Crippen LogP contribution is 2.18. The molecule has 0 spiro atoms. The van der Waals surface area contributed by atoms with Crippen molar-refractivity contribution in [3.8, 4) is 11.4 Å². The van der Waals surface area contributed by atoms with E-state index >= 15 is 0 Å². The number of aromatic amines is 1. The minimum Gasteiger partial charge on any atom is -0.307 e. The van der Waals surface area contributed by atoms with E-state index in [1.165, 1.54) is 17.2 Å². The number of aryl methyl sites for hydroxylation is 1. The topological polar surface area (TPSA) is 49.0 Å². The van der Waals surface area contributed by atoms with Gasteiger partial charge in [0.1, 0.15) is 5.82 Å². The standard InChI is InChI=1S/C20H23N3OS/c1-3-8-23(13-17-7-9-25-14-17)12-16-5-4-6-18(11-16)20-21-15(2)10-19(24)22-20/h4-7,9-11,14H,3,8,12-13H2,1-2H3,(H,21,22,24). The van der Waals surface area contributed by atoms with Gasteiger partial charge in [0.15, 0.2) is 0 Å². The van der Waals surface area contributed by atoms with Gasteiger partial charge in [-0.1, -0.05) is 25.1 Å². The van der Waals surface area contributed by atoms with Crippen molar-refractivity contribution in [3.05, 3.63) is 74.3 Å². The first-order chi connectivity index (χ1) is 12.1. The van der Waals surface area contributed by atoms with Crippen LogP contribution in [-0.2, 0) is 13.1 Å². The Hall–Kier alpha value is -2.24. The van der Waals surface area contributed by atoms with E-state index < -0.39 is 0 Å². The summed E-state index contributed by atoms with van der Waals surface area (Å²) in [4.78, 5) is 21.4. The Morgan fingerprint density at radius 1 is 1.16 bits per heavy atom. The summed E-state index contributed by atoms with van der Waals surface area (Å²) in [5.41, 5.74) is 4.15. The predicted octanol–water partition coefficient (Wildman–Crippen LogP) is 4.22. The molecule has 1 aromatic carbocycles. The summed E-state index contributed by atoms with van der Waals surface area (Å²) in [5, 5.41) is 4.33. The predicted molar refractivity (Wildman–Crippen MR) is 104 cm³/mol. The fourth-order valence-electron chi connectivity index (χ4n) is 2.96. The SMILES string of the molecule is CCCN(Cc1ccsc1)Cc1cccc(-c2nc(C)cc(=O)[nH]2)c1. The maximum absolute atomic E-state index is 11.7. The molecule has 0 fully saturated rings. The van der Waals surface area contributed by atoms with E-state index in [2.05, 4.69) is 50.8 Å². The molecule has 4 nitrogen and oxygen atoms in total. The van der Waals surface area contributed by atoms with Gasteiger partial charge in [-0.2, -0.15) is 11.3 Å². The van der Waals surface area contributed by atoms with Crippen LogP contribution >= 0.6 is 11.3 Å². The average molecular weight is 353 g/mol. The highest BCUT2D eigenvalue weighted by molar-refractivity contribution is 7.07. The molecule has 0 aliphatic rings. The molecule has 25 heavy (non-hydrogen) atoms. The van der Waals surface area contributed by atoms with Crippen molar-refractivity contribution in [1.29, 1.82) is 0 Å². The third-order valence-electron chi connectivity index (χ3n) is 4.00. The van der Waals surface area contributed by atoms with Gasteiger partial charge in [-0.3, -0.25) is 9.69 Å². The van der Waals surface area contributed by atoms with Crippen molar-refractivity contribution in [3.63, 3.8) is 0 Å². The van der Waals surface area contributed by atoms with Gasteiger partial charge in [0, 0.05) is 30.4 Å². The summed E-state index contributed by atoms with van der Waals surface area (Å²) in [6, 6.07) is 12.0. The summed E-state index contributed by atoms with van der Waals surface area (Å²) in [6.45, 7) is 6.94. The van der Waals surface area contributed by atoms with Crippen LogP contribution in [0.2, 0.25) is 0 Å². The number of benzene rings is 1. The molecule has 0 radical (unpaired) electrons. The summed E-state index contributed by atoms with van der Waals surface area (Å²) in [5.74, 6) is 0.631. The highest BCUT2D eigenvalue weighted by atomic mass is 32.1. The van der Waals surface area contributed by atoms with Crippen molar-refractivity contribution < 1.29 is 0 Å². The molecule has 2 aromatic heterocycles. The number of hydrogen-bond donors (Lipinski definition) is 1. The number of rotatable bonds is 7. The largest absolute Gasteiger partial charge is 0.307 e. The van der Waals surface area contributed by atoms with Crippen LogP contribution in [0.15, 0.2) is 52.0 Å². The first-order valence-electron chi connectivity index (χ1n) is 8.55. The molecule has 2 heterocycles.